The molecule has 36 heavy (non-hydrogen) atoms. The lowest BCUT2D eigenvalue weighted by atomic mass is 9.65. The molecule has 1 fully saturated rings. The highest BCUT2D eigenvalue weighted by Crippen LogP contribution is 2.55. The second-order valence-electron chi connectivity index (χ2n) is 11.2. The Morgan fingerprint density at radius 2 is 1.69 bits per heavy atom. The van der Waals surface area contributed by atoms with Crippen molar-refractivity contribution in [3.05, 3.63) is 95.6 Å². The predicted octanol–water partition coefficient (Wildman–Crippen LogP) is 9.28. The first-order valence-corrected chi connectivity index (χ1v) is 13.7. The second kappa shape index (κ2) is 10.5. The molecule has 0 spiro atoms. The average molecular weight is 481 g/mol. The lowest BCUT2D eigenvalue weighted by Crippen LogP contribution is -2.46. The topological polar surface area (TPSA) is 18.5 Å². The predicted molar refractivity (Wildman–Crippen MR) is 150 cm³/mol. The largest absolute Gasteiger partial charge is 0.488 e. The maximum absolute atomic E-state index is 6.72. The molecule has 0 saturated heterocycles. The summed E-state index contributed by atoms with van der Waals surface area (Å²) in [7, 11) is 0. The molecule has 2 atom stereocenters. The van der Waals surface area contributed by atoms with Crippen molar-refractivity contribution in [2.75, 3.05) is 0 Å². The van der Waals surface area contributed by atoms with Crippen molar-refractivity contribution in [2.45, 2.75) is 83.8 Å². The summed E-state index contributed by atoms with van der Waals surface area (Å²) in [5, 5.41) is 0. The molecule has 1 aliphatic heterocycles. The van der Waals surface area contributed by atoms with Crippen molar-refractivity contribution in [3.8, 4) is 22.6 Å². The van der Waals surface area contributed by atoms with Gasteiger partial charge in [0, 0.05) is 17.4 Å². The molecule has 0 amide bonds. The van der Waals surface area contributed by atoms with Crippen LogP contribution in [0.5, 0.6) is 11.5 Å². The molecule has 0 N–H and O–H groups in total. The average Bonchev–Trinajstić information content (AvgIpc) is 2.87. The Labute approximate surface area is 217 Å². The van der Waals surface area contributed by atoms with Crippen LogP contribution in [-0.4, -0.2) is 5.60 Å². The van der Waals surface area contributed by atoms with Gasteiger partial charge in [-0.25, -0.2) is 0 Å². The molecule has 0 bridgehead atoms. The molecular weight excluding hydrogens is 440 g/mol. The van der Waals surface area contributed by atoms with Gasteiger partial charge in [-0.2, -0.15) is 0 Å². The van der Waals surface area contributed by atoms with Crippen LogP contribution in [0.15, 0.2) is 78.9 Å². The summed E-state index contributed by atoms with van der Waals surface area (Å²) in [6.07, 6.45) is 8.00. The van der Waals surface area contributed by atoms with Gasteiger partial charge >= 0.3 is 0 Å². The molecule has 3 aromatic rings. The molecule has 3 aromatic carbocycles. The molecule has 188 valence electrons. The summed E-state index contributed by atoms with van der Waals surface area (Å²) in [6, 6.07) is 23.9. The van der Waals surface area contributed by atoms with E-state index in [1.165, 1.54) is 52.7 Å². The number of aryl methyl sites for hydroxylation is 1. The molecule has 1 aliphatic carbocycles. The first-order chi connectivity index (χ1) is 17.4. The zero-order chi connectivity index (χ0) is 25.1. The second-order valence-corrected chi connectivity index (χ2v) is 11.2. The number of benzene rings is 3. The minimum atomic E-state index is -0.176. The number of hydrogen-bond donors (Lipinski definition) is 0. The number of unbranched alkanes of at least 4 members (excludes halogenated alkanes) is 2. The first kappa shape index (κ1) is 24.7. The number of fused-ring (bicyclic) bond motifs is 3. The third-order valence-corrected chi connectivity index (χ3v) is 8.13. The Morgan fingerprint density at radius 3 is 2.44 bits per heavy atom. The van der Waals surface area contributed by atoms with E-state index in [9.17, 15) is 0 Å². The summed E-state index contributed by atoms with van der Waals surface area (Å²) in [4.78, 5) is 0. The number of rotatable bonds is 8. The van der Waals surface area contributed by atoms with E-state index in [0.717, 1.165) is 37.2 Å². The van der Waals surface area contributed by atoms with Gasteiger partial charge in [0.15, 0.2) is 0 Å². The number of ether oxygens (including phenoxy) is 2. The van der Waals surface area contributed by atoms with Crippen molar-refractivity contribution in [1.29, 1.82) is 0 Å². The highest BCUT2D eigenvalue weighted by atomic mass is 16.5. The van der Waals surface area contributed by atoms with Gasteiger partial charge in [0.05, 0.1) is 0 Å². The van der Waals surface area contributed by atoms with Gasteiger partial charge in [0.2, 0.25) is 0 Å². The Balaban J connectivity index is 1.43. The van der Waals surface area contributed by atoms with Crippen LogP contribution in [0.3, 0.4) is 0 Å². The van der Waals surface area contributed by atoms with Gasteiger partial charge in [-0.15, -0.1) is 0 Å². The van der Waals surface area contributed by atoms with E-state index < -0.39 is 0 Å². The van der Waals surface area contributed by atoms with Crippen molar-refractivity contribution < 1.29 is 9.47 Å². The summed E-state index contributed by atoms with van der Waals surface area (Å²) >= 11 is 0. The van der Waals surface area contributed by atoms with Gasteiger partial charge < -0.3 is 9.47 Å². The molecule has 1 heterocycles. The molecule has 2 heteroatoms. The fraction of sp³-hybridized carbons (Fsp3) is 0.412. The van der Waals surface area contributed by atoms with Crippen LogP contribution in [0.2, 0.25) is 0 Å². The van der Waals surface area contributed by atoms with Crippen molar-refractivity contribution in [2.24, 2.45) is 5.92 Å². The first-order valence-electron chi connectivity index (χ1n) is 13.7. The van der Waals surface area contributed by atoms with E-state index in [4.69, 9.17) is 9.47 Å². The summed E-state index contributed by atoms with van der Waals surface area (Å²) in [6.45, 7) is 11.7. The van der Waals surface area contributed by atoms with Gasteiger partial charge in [0.1, 0.15) is 23.7 Å². The minimum Gasteiger partial charge on any atom is -0.488 e. The highest BCUT2D eigenvalue weighted by molar-refractivity contribution is 5.63. The summed E-state index contributed by atoms with van der Waals surface area (Å²) in [5.74, 6) is 2.92. The molecule has 0 unspecified atom stereocenters. The van der Waals surface area contributed by atoms with E-state index in [2.05, 4.69) is 94.1 Å². The van der Waals surface area contributed by atoms with Crippen LogP contribution in [-0.2, 0) is 13.0 Å². The third kappa shape index (κ3) is 5.24. The zero-order valence-electron chi connectivity index (χ0n) is 22.2. The monoisotopic (exact) mass is 480 g/mol. The van der Waals surface area contributed by atoms with Crippen LogP contribution in [0.25, 0.3) is 11.1 Å². The third-order valence-electron chi connectivity index (χ3n) is 8.13. The number of hydrogen-bond acceptors (Lipinski definition) is 2. The van der Waals surface area contributed by atoms with Crippen LogP contribution >= 0.6 is 0 Å². The standard InChI is InChI=1S/C34H40O2/c1-5-6-8-11-26-21-31(35-23-25-15-17-28(18-16-25)27-12-9-7-10-13-27)33-29-20-24(2)14-19-30(29)34(3,4)36-32(33)22-26/h7,9-10,12-13,15-18,21-22,29-30H,2,5-6,8,11,14,19-20,23H2,1,3-4H3/t29-,30-/m1/s1. The Hall–Kier alpha value is -3.00. The molecule has 1 saturated carbocycles. The van der Waals surface area contributed by atoms with E-state index in [-0.39, 0.29) is 5.60 Å². The Kier molecular flexibility index (Phi) is 7.23. The molecule has 0 radical (unpaired) electrons. The van der Waals surface area contributed by atoms with Crippen molar-refractivity contribution in [1.82, 2.24) is 0 Å². The molecule has 2 nitrogen and oxygen atoms in total. The maximum Gasteiger partial charge on any atom is 0.127 e. The normalized spacial score (nSPS) is 20.2. The van der Waals surface area contributed by atoms with Gasteiger partial charge in [0.25, 0.3) is 0 Å². The molecular formula is C34H40O2. The van der Waals surface area contributed by atoms with Gasteiger partial charge in [-0.3, -0.25) is 0 Å². The Bertz CT molecular complexity index is 1190. The fourth-order valence-electron chi connectivity index (χ4n) is 6.14. The van der Waals surface area contributed by atoms with Crippen molar-refractivity contribution in [3.63, 3.8) is 0 Å². The zero-order valence-corrected chi connectivity index (χ0v) is 22.2. The smallest absolute Gasteiger partial charge is 0.127 e. The van der Waals surface area contributed by atoms with Gasteiger partial charge in [-0.1, -0.05) is 86.5 Å². The molecule has 5 rings (SSSR count). The highest BCUT2D eigenvalue weighted by Gasteiger charge is 2.46. The van der Waals surface area contributed by atoms with Crippen LogP contribution in [0.4, 0.5) is 0 Å². The lowest BCUT2D eigenvalue weighted by molar-refractivity contribution is -0.00121. The summed E-state index contributed by atoms with van der Waals surface area (Å²) in [5.41, 5.74) is 7.41. The molecule has 0 aromatic heterocycles. The number of allylic oxidation sites excluding steroid dienone is 1. The molecule has 2 aliphatic rings. The summed E-state index contributed by atoms with van der Waals surface area (Å²) < 4.78 is 13.3. The van der Waals surface area contributed by atoms with E-state index in [0.29, 0.717) is 18.4 Å². The van der Waals surface area contributed by atoms with Gasteiger partial charge in [-0.05, 0) is 80.3 Å². The van der Waals surface area contributed by atoms with Crippen LogP contribution in [0, 0.1) is 5.92 Å². The maximum atomic E-state index is 6.72. The lowest BCUT2D eigenvalue weighted by Gasteiger charge is -2.48. The van der Waals surface area contributed by atoms with Crippen LogP contribution in [0.1, 0.15) is 81.9 Å². The SMILES string of the molecule is C=C1CC[C@@H]2[C@@H](C1)c1c(OCc3ccc(-c4ccccc4)cc3)cc(CCCCC)cc1OC2(C)C. The van der Waals surface area contributed by atoms with Crippen LogP contribution < -0.4 is 9.47 Å². The van der Waals surface area contributed by atoms with E-state index in [1.807, 2.05) is 0 Å². The van der Waals surface area contributed by atoms with E-state index >= 15 is 0 Å². The Morgan fingerprint density at radius 1 is 0.944 bits per heavy atom. The minimum absolute atomic E-state index is 0.176. The fourth-order valence-corrected chi connectivity index (χ4v) is 6.14. The van der Waals surface area contributed by atoms with E-state index in [1.54, 1.807) is 0 Å². The quantitative estimate of drug-likeness (QED) is 0.236. The van der Waals surface area contributed by atoms with Crippen molar-refractivity contribution >= 4 is 0 Å².